The van der Waals surface area contributed by atoms with Crippen LogP contribution in [0.4, 0.5) is 0 Å². The first-order valence-corrected chi connectivity index (χ1v) is 7.16. The lowest BCUT2D eigenvalue weighted by molar-refractivity contribution is 0.276. The maximum absolute atomic E-state index is 5.31. The van der Waals surface area contributed by atoms with Crippen LogP contribution in [0.5, 0.6) is 5.75 Å². The molecule has 1 atom stereocenters. The van der Waals surface area contributed by atoms with Crippen LogP contribution in [0.3, 0.4) is 0 Å². The van der Waals surface area contributed by atoms with Gasteiger partial charge in [0.05, 0.1) is 7.11 Å². The van der Waals surface area contributed by atoms with Gasteiger partial charge in [-0.3, -0.25) is 0 Å². The summed E-state index contributed by atoms with van der Waals surface area (Å²) in [5.41, 5.74) is 1.29. The molecular formula is C16H28N2O. The maximum atomic E-state index is 5.31. The van der Waals surface area contributed by atoms with E-state index in [2.05, 4.69) is 56.4 Å². The monoisotopic (exact) mass is 264 g/mol. The van der Waals surface area contributed by atoms with E-state index >= 15 is 0 Å². The van der Waals surface area contributed by atoms with E-state index < -0.39 is 0 Å². The Kier molecular flexibility index (Phi) is 6.89. The van der Waals surface area contributed by atoms with Gasteiger partial charge in [-0.1, -0.05) is 26.0 Å². The van der Waals surface area contributed by atoms with Crippen LogP contribution in [-0.2, 0) is 0 Å². The predicted molar refractivity (Wildman–Crippen MR) is 81.8 cm³/mol. The fourth-order valence-corrected chi connectivity index (χ4v) is 2.30. The first kappa shape index (κ1) is 16.0. The van der Waals surface area contributed by atoms with Crippen LogP contribution in [0.2, 0.25) is 0 Å². The number of likely N-dealkylation sites (N-methyl/N-ethyl adjacent to an activating group) is 1. The largest absolute Gasteiger partial charge is 0.497 e. The summed E-state index contributed by atoms with van der Waals surface area (Å²) in [7, 11) is 5.96. The third-order valence-corrected chi connectivity index (χ3v) is 3.69. The summed E-state index contributed by atoms with van der Waals surface area (Å²) in [5, 5.41) is 3.65. The number of hydrogen-bond donors (Lipinski definition) is 1. The molecule has 3 heteroatoms. The van der Waals surface area contributed by atoms with Gasteiger partial charge in [0, 0.05) is 18.6 Å². The Morgan fingerprint density at radius 2 is 1.89 bits per heavy atom. The van der Waals surface area contributed by atoms with E-state index in [4.69, 9.17) is 4.74 Å². The fraction of sp³-hybridized carbons (Fsp3) is 0.625. The molecule has 0 spiro atoms. The summed E-state index contributed by atoms with van der Waals surface area (Å²) in [6, 6.07) is 9.32. The molecule has 0 aliphatic rings. The molecule has 0 radical (unpaired) electrons. The Labute approximate surface area is 118 Å². The van der Waals surface area contributed by atoms with Crippen LogP contribution in [0.15, 0.2) is 24.3 Å². The van der Waals surface area contributed by atoms with E-state index in [0.29, 0.717) is 12.1 Å². The number of nitrogens with one attached hydrogen (secondary N) is 1. The highest BCUT2D eigenvalue weighted by molar-refractivity contribution is 5.30. The van der Waals surface area contributed by atoms with Crippen molar-refractivity contribution >= 4 is 0 Å². The zero-order valence-electron chi connectivity index (χ0n) is 12.9. The van der Waals surface area contributed by atoms with Crippen LogP contribution >= 0.6 is 0 Å². The van der Waals surface area contributed by atoms with Crippen LogP contribution in [-0.4, -0.2) is 38.7 Å². The molecule has 1 N–H and O–H groups in total. The van der Waals surface area contributed by atoms with Gasteiger partial charge in [0.1, 0.15) is 5.75 Å². The van der Waals surface area contributed by atoms with Gasteiger partial charge in [-0.05, 0) is 44.6 Å². The maximum Gasteiger partial charge on any atom is 0.119 e. The van der Waals surface area contributed by atoms with Crippen LogP contribution in [0.1, 0.15) is 38.3 Å². The minimum atomic E-state index is 0.371. The lowest BCUT2D eigenvalue weighted by Gasteiger charge is -2.27. The number of benzene rings is 1. The van der Waals surface area contributed by atoms with Crippen molar-refractivity contribution in [1.82, 2.24) is 10.2 Å². The number of hydrogen-bond acceptors (Lipinski definition) is 3. The SMILES string of the molecule is CCC(CC)NCC(c1cccc(OC)c1)N(C)C. The van der Waals surface area contributed by atoms with Gasteiger partial charge >= 0.3 is 0 Å². The summed E-state index contributed by atoms with van der Waals surface area (Å²) >= 11 is 0. The van der Waals surface area contributed by atoms with Crippen LogP contribution < -0.4 is 10.1 Å². The molecule has 3 nitrogen and oxygen atoms in total. The van der Waals surface area contributed by atoms with Crippen molar-refractivity contribution in [1.29, 1.82) is 0 Å². The molecule has 0 aliphatic carbocycles. The highest BCUT2D eigenvalue weighted by Crippen LogP contribution is 2.22. The average molecular weight is 264 g/mol. The van der Waals surface area contributed by atoms with E-state index in [1.54, 1.807) is 7.11 Å². The van der Waals surface area contributed by atoms with Crippen molar-refractivity contribution in [3.8, 4) is 5.75 Å². The van der Waals surface area contributed by atoms with E-state index in [1.807, 2.05) is 6.07 Å². The lowest BCUT2D eigenvalue weighted by atomic mass is 10.0. The molecule has 0 bridgehead atoms. The summed E-state index contributed by atoms with van der Waals surface area (Å²) in [6.07, 6.45) is 2.35. The van der Waals surface area contributed by atoms with Gasteiger partial charge < -0.3 is 15.0 Å². The Hall–Kier alpha value is -1.06. The highest BCUT2D eigenvalue weighted by Gasteiger charge is 2.15. The minimum Gasteiger partial charge on any atom is -0.497 e. The second kappa shape index (κ2) is 8.18. The number of rotatable bonds is 8. The van der Waals surface area contributed by atoms with Crippen molar-refractivity contribution in [2.45, 2.75) is 38.8 Å². The molecule has 1 rings (SSSR count). The summed E-state index contributed by atoms with van der Waals surface area (Å²) in [6.45, 7) is 5.43. The molecular weight excluding hydrogens is 236 g/mol. The van der Waals surface area contributed by atoms with Crippen LogP contribution in [0.25, 0.3) is 0 Å². The molecule has 0 aliphatic heterocycles. The lowest BCUT2D eigenvalue weighted by Crippen LogP contribution is -2.36. The Balaban J connectivity index is 2.76. The first-order chi connectivity index (χ1) is 9.12. The number of nitrogens with zero attached hydrogens (tertiary/aromatic N) is 1. The van der Waals surface area contributed by atoms with E-state index in [9.17, 15) is 0 Å². The third kappa shape index (κ3) is 4.84. The normalized spacial score (nSPS) is 13.0. The molecule has 0 saturated carbocycles. The van der Waals surface area contributed by atoms with Gasteiger partial charge in [0.15, 0.2) is 0 Å². The van der Waals surface area contributed by atoms with Gasteiger partial charge in [-0.2, -0.15) is 0 Å². The van der Waals surface area contributed by atoms with E-state index in [0.717, 1.165) is 12.3 Å². The zero-order chi connectivity index (χ0) is 14.3. The Morgan fingerprint density at radius 1 is 1.21 bits per heavy atom. The molecule has 0 aromatic heterocycles. The summed E-state index contributed by atoms with van der Waals surface area (Å²) in [4.78, 5) is 2.25. The van der Waals surface area contributed by atoms with Crippen molar-refractivity contribution in [2.75, 3.05) is 27.7 Å². The second-order valence-corrected chi connectivity index (χ2v) is 5.18. The molecule has 19 heavy (non-hydrogen) atoms. The van der Waals surface area contributed by atoms with E-state index in [1.165, 1.54) is 18.4 Å². The molecule has 0 amide bonds. The Bertz CT molecular complexity index is 362. The molecule has 1 aromatic rings. The van der Waals surface area contributed by atoms with Gasteiger partial charge in [-0.15, -0.1) is 0 Å². The number of ether oxygens (including phenoxy) is 1. The van der Waals surface area contributed by atoms with Gasteiger partial charge in [0.2, 0.25) is 0 Å². The Morgan fingerprint density at radius 3 is 2.42 bits per heavy atom. The zero-order valence-corrected chi connectivity index (χ0v) is 12.9. The smallest absolute Gasteiger partial charge is 0.119 e. The molecule has 0 fully saturated rings. The van der Waals surface area contributed by atoms with Gasteiger partial charge in [-0.25, -0.2) is 0 Å². The topological polar surface area (TPSA) is 24.5 Å². The quantitative estimate of drug-likeness (QED) is 0.781. The van der Waals surface area contributed by atoms with Crippen molar-refractivity contribution in [3.63, 3.8) is 0 Å². The second-order valence-electron chi connectivity index (χ2n) is 5.18. The van der Waals surface area contributed by atoms with E-state index in [-0.39, 0.29) is 0 Å². The van der Waals surface area contributed by atoms with Crippen molar-refractivity contribution < 1.29 is 4.74 Å². The minimum absolute atomic E-state index is 0.371. The number of methoxy groups -OCH3 is 1. The van der Waals surface area contributed by atoms with Crippen molar-refractivity contribution in [3.05, 3.63) is 29.8 Å². The molecule has 0 saturated heterocycles. The molecule has 1 aromatic carbocycles. The standard InChI is InChI=1S/C16H28N2O/c1-6-14(7-2)17-12-16(18(3)4)13-9-8-10-15(11-13)19-5/h8-11,14,16-17H,6-7,12H2,1-5H3. The van der Waals surface area contributed by atoms with Crippen molar-refractivity contribution in [2.24, 2.45) is 0 Å². The third-order valence-electron chi connectivity index (χ3n) is 3.69. The molecule has 0 heterocycles. The first-order valence-electron chi connectivity index (χ1n) is 7.16. The summed E-state index contributed by atoms with van der Waals surface area (Å²) < 4.78 is 5.31. The van der Waals surface area contributed by atoms with Crippen LogP contribution in [0, 0.1) is 0 Å². The predicted octanol–water partition coefficient (Wildman–Crippen LogP) is 3.08. The molecule has 1 unspecified atom stereocenters. The summed E-state index contributed by atoms with van der Waals surface area (Å²) in [5.74, 6) is 0.923. The van der Waals surface area contributed by atoms with Gasteiger partial charge in [0.25, 0.3) is 0 Å². The fourth-order valence-electron chi connectivity index (χ4n) is 2.30. The molecule has 108 valence electrons. The average Bonchev–Trinajstić information content (AvgIpc) is 2.43. The highest BCUT2D eigenvalue weighted by atomic mass is 16.5.